The van der Waals surface area contributed by atoms with Gasteiger partial charge in [-0.3, -0.25) is 4.57 Å². The molecular formula is C57H41N3. The number of aromatic nitrogens is 3. The Hall–Kier alpha value is -7.36. The highest BCUT2D eigenvalue weighted by atomic mass is 15.2. The van der Waals surface area contributed by atoms with Crippen molar-refractivity contribution in [3.8, 4) is 39.5 Å². The molecule has 1 aliphatic rings. The molecule has 11 aromatic rings. The fraction of sp³-hybridized carbons (Fsp3) is 0.0877. The maximum atomic E-state index is 5.62. The molecule has 0 bridgehead atoms. The van der Waals surface area contributed by atoms with Crippen molar-refractivity contribution in [2.45, 2.75) is 32.6 Å². The summed E-state index contributed by atoms with van der Waals surface area (Å²) in [5.41, 5.74) is 16.7. The van der Waals surface area contributed by atoms with Gasteiger partial charge in [0.15, 0.2) is 0 Å². The van der Waals surface area contributed by atoms with E-state index >= 15 is 0 Å². The third-order valence-corrected chi connectivity index (χ3v) is 13.1. The largest absolute Gasteiger partial charge is 0.278 e. The van der Waals surface area contributed by atoms with Crippen LogP contribution in [0.15, 0.2) is 182 Å². The van der Waals surface area contributed by atoms with E-state index in [0.717, 1.165) is 39.6 Å². The Kier molecular flexibility index (Phi) is 7.55. The molecule has 0 fully saturated rings. The molecule has 3 nitrogen and oxygen atoms in total. The molecule has 12 rings (SSSR count). The first-order chi connectivity index (χ1) is 29.4. The lowest BCUT2D eigenvalue weighted by Gasteiger charge is -2.24. The summed E-state index contributed by atoms with van der Waals surface area (Å²) in [6, 6.07) is 66.6. The second-order valence-corrected chi connectivity index (χ2v) is 17.0. The van der Waals surface area contributed by atoms with Crippen LogP contribution in [0.25, 0.3) is 93.7 Å². The molecular weight excluding hydrogens is 727 g/mol. The van der Waals surface area contributed by atoms with Crippen LogP contribution in [0.1, 0.15) is 41.7 Å². The molecule has 284 valence electrons. The smallest absolute Gasteiger partial charge is 0.235 e. The lowest BCUT2D eigenvalue weighted by atomic mass is 9.79. The quantitative estimate of drug-likeness (QED) is 0.175. The summed E-state index contributed by atoms with van der Waals surface area (Å²) in [4.78, 5) is 11.0. The summed E-state index contributed by atoms with van der Waals surface area (Å²) in [5.74, 6) is 0.675. The van der Waals surface area contributed by atoms with Crippen molar-refractivity contribution in [1.82, 2.24) is 14.5 Å². The highest BCUT2D eigenvalue weighted by molar-refractivity contribution is 6.21. The average Bonchev–Trinajstić information content (AvgIpc) is 3.74. The first-order valence-electron chi connectivity index (χ1n) is 21.0. The number of hydrogen-bond donors (Lipinski definition) is 0. The van der Waals surface area contributed by atoms with Gasteiger partial charge in [0, 0.05) is 27.1 Å². The molecule has 0 saturated carbocycles. The van der Waals surface area contributed by atoms with Gasteiger partial charge in [0.25, 0.3) is 0 Å². The van der Waals surface area contributed by atoms with Gasteiger partial charge in [0.05, 0.1) is 22.2 Å². The summed E-state index contributed by atoms with van der Waals surface area (Å²) in [6.45, 7) is 6.91. The van der Waals surface area contributed by atoms with Gasteiger partial charge < -0.3 is 0 Å². The van der Waals surface area contributed by atoms with Crippen LogP contribution < -0.4 is 0 Å². The molecule has 0 amide bonds. The predicted molar refractivity (Wildman–Crippen MR) is 251 cm³/mol. The maximum Gasteiger partial charge on any atom is 0.235 e. The number of para-hydroxylation sites is 1. The van der Waals surface area contributed by atoms with E-state index in [-0.39, 0.29) is 5.41 Å². The first kappa shape index (κ1) is 34.7. The number of aryl methyl sites for hydroxylation is 1. The summed E-state index contributed by atoms with van der Waals surface area (Å²) >= 11 is 0. The molecule has 0 spiro atoms. The van der Waals surface area contributed by atoms with E-state index in [1.165, 1.54) is 82.4 Å². The van der Waals surface area contributed by atoms with Crippen molar-refractivity contribution in [3.05, 3.63) is 210 Å². The number of nitrogens with zero attached hydrogens (tertiary/aromatic N) is 3. The molecule has 0 atom stereocenters. The number of hydrogen-bond acceptors (Lipinski definition) is 2. The standard InChI is InChI=1S/C57H41N3/c1-35-15-4-8-19-41(35)47-34-39-18-6-5-17-38(39)33-40(47)31-36-27-29-51-48(32-36)53-42-20-9-7-16-37(42)28-30-52(53)60(51)56-58-50-26-13-11-22-45(50)55(59-56)46-24-14-23-44-43-21-10-12-25-49(43)57(2,3)54(44)46/h4-30,32-34H,31H2,1-3H3. The highest BCUT2D eigenvalue weighted by Crippen LogP contribution is 2.52. The molecule has 0 N–H and O–H groups in total. The van der Waals surface area contributed by atoms with Crippen LogP contribution in [0.3, 0.4) is 0 Å². The van der Waals surface area contributed by atoms with Gasteiger partial charge in [-0.1, -0.05) is 166 Å². The summed E-state index contributed by atoms with van der Waals surface area (Å²) in [7, 11) is 0. The third-order valence-electron chi connectivity index (χ3n) is 13.1. The monoisotopic (exact) mass is 767 g/mol. The molecule has 3 heteroatoms. The zero-order valence-corrected chi connectivity index (χ0v) is 33.9. The topological polar surface area (TPSA) is 30.7 Å². The van der Waals surface area contributed by atoms with E-state index in [4.69, 9.17) is 9.97 Å². The Morgan fingerprint density at radius 3 is 2.00 bits per heavy atom. The van der Waals surface area contributed by atoms with Crippen LogP contribution >= 0.6 is 0 Å². The van der Waals surface area contributed by atoms with Gasteiger partial charge in [-0.05, 0) is 115 Å². The second kappa shape index (κ2) is 13.1. The summed E-state index contributed by atoms with van der Waals surface area (Å²) in [6.07, 6.45) is 0.801. The van der Waals surface area contributed by atoms with Crippen LogP contribution in [0.2, 0.25) is 0 Å². The number of benzene rings is 9. The van der Waals surface area contributed by atoms with Gasteiger partial charge in [-0.2, -0.15) is 0 Å². The predicted octanol–water partition coefficient (Wildman–Crippen LogP) is 14.6. The van der Waals surface area contributed by atoms with Crippen molar-refractivity contribution >= 4 is 54.3 Å². The van der Waals surface area contributed by atoms with Gasteiger partial charge in [-0.25, -0.2) is 9.97 Å². The van der Waals surface area contributed by atoms with E-state index in [1.54, 1.807) is 0 Å². The number of fused-ring (bicyclic) bond motifs is 10. The third kappa shape index (κ3) is 5.15. The molecule has 9 aromatic carbocycles. The Morgan fingerprint density at radius 1 is 0.483 bits per heavy atom. The first-order valence-corrected chi connectivity index (χ1v) is 21.0. The maximum absolute atomic E-state index is 5.62. The summed E-state index contributed by atoms with van der Waals surface area (Å²) in [5, 5.41) is 8.43. The minimum atomic E-state index is -0.193. The van der Waals surface area contributed by atoms with Crippen LogP contribution in [0.5, 0.6) is 0 Å². The lowest BCUT2D eigenvalue weighted by Crippen LogP contribution is -2.16. The van der Waals surface area contributed by atoms with E-state index in [1.807, 2.05) is 0 Å². The van der Waals surface area contributed by atoms with Crippen LogP contribution in [-0.4, -0.2) is 14.5 Å². The van der Waals surface area contributed by atoms with Crippen LogP contribution in [0, 0.1) is 6.92 Å². The zero-order valence-electron chi connectivity index (χ0n) is 33.9. The highest BCUT2D eigenvalue weighted by Gasteiger charge is 2.38. The molecule has 0 radical (unpaired) electrons. The fourth-order valence-corrected chi connectivity index (χ4v) is 10.4. The fourth-order valence-electron chi connectivity index (χ4n) is 10.4. The van der Waals surface area contributed by atoms with E-state index in [9.17, 15) is 0 Å². The summed E-state index contributed by atoms with van der Waals surface area (Å²) < 4.78 is 2.30. The molecule has 2 heterocycles. The average molecular weight is 768 g/mol. The van der Waals surface area contributed by atoms with Gasteiger partial charge in [0.2, 0.25) is 5.95 Å². The molecule has 2 aromatic heterocycles. The van der Waals surface area contributed by atoms with Crippen LogP contribution in [0.4, 0.5) is 0 Å². The molecule has 60 heavy (non-hydrogen) atoms. The van der Waals surface area contributed by atoms with Gasteiger partial charge in [0.1, 0.15) is 0 Å². The minimum Gasteiger partial charge on any atom is -0.278 e. The van der Waals surface area contributed by atoms with Gasteiger partial charge in [-0.15, -0.1) is 0 Å². The van der Waals surface area contributed by atoms with Gasteiger partial charge >= 0.3 is 0 Å². The Morgan fingerprint density at radius 2 is 1.15 bits per heavy atom. The SMILES string of the molecule is Cc1ccccc1-c1cc2ccccc2cc1Cc1ccc2c(c1)c1c3ccccc3ccc1n2-c1nc(-c2cccc3c2C(C)(C)c2ccccc2-3)c2ccccc2n1. The van der Waals surface area contributed by atoms with Crippen molar-refractivity contribution in [1.29, 1.82) is 0 Å². The normalized spacial score (nSPS) is 13.1. The Labute approximate surface area is 349 Å². The molecule has 1 aliphatic carbocycles. The van der Waals surface area contributed by atoms with E-state index < -0.39 is 0 Å². The van der Waals surface area contributed by atoms with Crippen molar-refractivity contribution in [2.24, 2.45) is 0 Å². The molecule has 0 unspecified atom stereocenters. The van der Waals surface area contributed by atoms with E-state index in [2.05, 4.69) is 207 Å². The van der Waals surface area contributed by atoms with E-state index in [0.29, 0.717) is 5.95 Å². The minimum absolute atomic E-state index is 0.193. The Bertz CT molecular complexity index is 3570. The molecule has 0 saturated heterocycles. The van der Waals surface area contributed by atoms with Crippen LogP contribution in [-0.2, 0) is 11.8 Å². The van der Waals surface area contributed by atoms with Crippen molar-refractivity contribution < 1.29 is 0 Å². The second-order valence-electron chi connectivity index (χ2n) is 17.0. The van der Waals surface area contributed by atoms with Crippen molar-refractivity contribution in [2.75, 3.05) is 0 Å². The zero-order chi connectivity index (χ0) is 40.1. The number of rotatable bonds is 5. The van der Waals surface area contributed by atoms with Crippen molar-refractivity contribution in [3.63, 3.8) is 0 Å². The Balaban J connectivity index is 1.09. The lowest BCUT2D eigenvalue weighted by molar-refractivity contribution is 0.662. The molecule has 0 aliphatic heterocycles.